The van der Waals surface area contributed by atoms with Crippen LogP contribution < -0.4 is 9.47 Å². The number of carbonyl (C=O) groups excluding carboxylic acids is 1. The maximum atomic E-state index is 13.3. The first-order valence-corrected chi connectivity index (χ1v) is 11.3. The Morgan fingerprint density at radius 1 is 0.971 bits per heavy atom. The van der Waals surface area contributed by atoms with Crippen molar-refractivity contribution in [2.24, 2.45) is 0 Å². The Labute approximate surface area is 209 Å². The number of alkyl halides is 3. The molecule has 0 N–H and O–H groups in total. The normalized spacial score (nSPS) is 11.8. The molecule has 0 aromatic heterocycles. The summed E-state index contributed by atoms with van der Waals surface area (Å²) in [6, 6.07) is 17.9. The molecule has 0 spiro atoms. The van der Waals surface area contributed by atoms with Crippen LogP contribution in [0.25, 0.3) is 5.57 Å². The van der Waals surface area contributed by atoms with Crippen LogP contribution in [-0.2, 0) is 15.7 Å². The molecular weight excluding hydrogens is 560 g/mol. The molecule has 0 saturated carbocycles. The fourth-order valence-electron chi connectivity index (χ4n) is 3.19. The standard InChI is InChI=1S/C26H22F3IO4/c1-17-14-22(10-11-24(17)34-16-25(31)32-2)33-13-12-23(18-6-8-21(30)9-7-18)19-4-3-5-20(15-19)26(27,28)29/h3-12,14-15H,13,16H2,1-2H3. The van der Waals surface area contributed by atoms with Gasteiger partial charge in [-0.25, -0.2) is 4.79 Å². The number of carbonyl (C=O) groups is 1. The fourth-order valence-corrected chi connectivity index (χ4v) is 3.54. The number of hydrogen-bond acceptors (Lipinski definition) is 4. The minimum Gasteiger partial charge on any atom is -0.489 e. The van der Waals surface area contributed by atoms with E-state index >= 15 is 0 Å². The summed E-state index contributed by atoms with van der Waals surface area (Å²) in [6.07, 6.45) is -2.67. The maximum absolute atomic E-state index is 13.3. The van der Waals surface area contributed by atoms with Gasteiger partial charge in [0.25, 0.3) is 0 Å². The van der Waals surface area contributed by atoms with Crippen LogP contribution in [0.5, 0.6) is 11.5 Å². The zero-order valence-corrected chi connectivity index (χ0v) is 20.6. The van der Waals surface area contributed by atoms with Gasteiger partial charge in [0.1, 0.15) is 18.1 Å². The van der Waals surface area contributed by atoms with Gasteiger partial charge in [0.05, 0.1) is 12.7 Å². The van der Waals surface area contributed by atoms with Crippen LogP contribution in [0.1, 0.15) is 22.3 Å². The number of aryl methyl sites for hydroxylation is 1. The van der Waals surface area contributed by atoms with Crippen LogP contribution in [0.4, 0.5) is 13.2 Å². The van der Waals surface area contributed by atoms with Crippen molar-refractivity contribution >= 4 is 34.1 Å². The molecular formula is C26H22F3IO4. The van der Waals surface area contributed by atoms with Crippen LogP contribution in [0.15, 0.2) is 72.8 Å². The van der Waals surface area contributed by atoms with E-state index in [1.165, 1.54) is 13.2 Å². The Bertz CT molecular complexity index is 1170. The van der Waals surface area contributed by atoms with E-state index in [-0.39, 0.29) is 13.2 Å². The second-order valence-electron chi connectivity index (χ2n) is 7.31. The van der Waals surface area contributed by atoms with Gasteiger partial charge in [0.15, 0.2) is 6.61 Å². The van der Waals surface area contributed by atoms with E-state index in [1.807, 2.05) is 31.2 Å². The Morgan fingerprint density at radius 3 is 2.35 bits per heavy atom. The minimum atomic E-state index is -4.43. The average Bonchev–Trinajstić information content (AvgIpc) is 2.81. The van der Waals surface area contributed by atoms with E-state index in [9.17, 15) is 18.0 Å². The highest BCUT2D eigenvalue weighted by atomic mass is 127. The van der Waals surface area contributed by atoms with Gasteiger partial charge in [-0.1, -0.05) is 24.3 Å². The van der Waals surface area contributed by atoms with Crippen molar-refractivity contribution in [1.82, 2.24) is 0 Å². The van der Waals surface area contributed by atoms with Gasteiger partial charge >= 0.3 is 12.1 Å². The Morgan fingerprint density at radius 2 is 1.71 bits per heavy atom. The van der Waals surface area contributed by atoms with Crippen LogP contribution in [0.3, 0.4) is 0 Å². The molecule has 0 radical (unpaired) electrons. The second kappa shape index (κ2) is 11.4. The van der Waals surface area contributed by atoms with Crippen molar-refractivity contribution in [2.75, 3.05) is 20.3 Å². The quantitative estimate of drug-likeness (QED) is 0.220. The van der Waals surface area contributed by atoms with Crippen molar-refractivity contribution < 1.29 is 32.2 Å². The molecule has 3 aromatic rings. The molecule has 3 rings (SSSR count). The molecule has 0 aliphatic heterocycles. The highest BCUT2D eigenvalue weighted by Gasteiger charge is 2.30. The summed E-state index contributed by atoms with van der Waals surface area (Å²) >= 11 is 2.18. The van der Waals surface area contributed by atoms with E-state index in [2.05, 4.69) is 27.3 Å². The molecule has 8 heteroatoms. The lowest BCUT2D eigenvalue weighted by Crippen LogP contribution is -2.13. The fraction of sp³-hybridized carbons (Fsp3) is 0.192. The first-order valence-electron chi connectivity index (χ1n) is 10.2. The Kier molecular flexibility index (Phi) is 8.60. The summed E-state index contributed by atoms with van der Waals surface area (Å²) < 4.78 is 56.6. The van der Waals surface area contributed by atoms with Gasteiger partial charge in [0, 0.05) is 3.57 Å². The first kappa shape index (κ1) is 25.6. The smallest absolute Gasteiger partial charge is 0.416 e. The van der Waals surface area contributed by atoms with Crippen LogP contribution in [0, 0.1) is 10.5 Å². The molecule has 0 unspecified atom stereocenters. The number of rotatable bonds is 8. The summed E-state index contributed by atoms with van der Waals surface area (Å²) in [5, 5.41) is 0. The monoisotopic (exact) mass is 582 g/mol. The summed E-state index contributed by atoms with van der Waals surface area (Å²) in [7, 11) is 1.28. The molecule has 0 fully saturated rings. The molecule has 0 amide bonds. The van der Waals surface area contributed by atoms with Gasteiger partial charge in [0.2, 0.25) is 0 Å². The number of halogens is 4. The number of hydrogen-bond donors (Lipinski definition) is 0. The molecule has 34 heavy (non-hydrogen) atoms. The lowest BCUT2D eigenvalue weighted by atomic mass is 9.96. The van der Waals surface area contributed by atoms with Crippen molar-refractivity contribution in [3.63, 3.8) is 0 Å². The third-order valence-electron chi connectivity index (χ3n) is 4.91. The van der Waals surface area contributed by atoms with E-state index < -0.39 is 17.7 Å². The summed E-state index contributed by atoms with van der Waals surface area (Å²) in [5.74, 6) is 0.601. The number of benzene rings is 3. The van der Waals surface area contributed by atoms with Gasteiger partial charge in [-0.05, 0) is 100 Å². The molecule has 0 saturated heterocycles. The molecule has 0 bridgehead atoms. The highest BCUT2D eigenvalue weighted by molar-refractivity contribution is 14.1. The van der Waals surface area contributed by atoms with Gasteiger partial charge in [-0.2, -0.15) is 13.2 Å². The maximum Gasteiger partial charge on any atom is 0.416 e. The van der Waals surface area contributed by atoms with Crippen molar-refractivity contribution in [3.8, 4) is 11.5 Å². The van der Waals surface area contributed by atoms with Crippen LogP contribution in [0.2, 0.25) is 0 Å². The zero-order chi connectivity index (χ0) is 24.7. The molecule has 0 atom stereocenters. The first-order chi connectivity index (χ1) is 16.2. The predicted octanol–water partition coefficient (Wildman–Crippen LogP) is 6.68. The molecule has 4 nitrogen and oxygen atoms in total. The van der Waals surface area contributed by atoms with Crippen LogP contribution in [-0.4, -0.2) is 26.3 Å². The van der Waals surface area contributed by atoms with Crippen molar-refractivity contribution in [2.45, 2.75) is 13.1 Å². The van der Waals surface area contributed by atoms with E-state index in [0.717, 1.165) is 26.8 Å². The van der Waals surface area contributed by atoms with Crippen LogP contribution >= 0.6 is 22.6 Å². The number of esters is 1. The number of methoxy groups -OCH3 is 1. The average molecular weight is 582 g/mol. The third-order valence-corrected chi connectivity index (χ3v) is 5.63. The SMILES string of the molecule is COC(=O)COc1ccc(OCC=C(c2ccc(I)cc2)c2cccc(C(F)(F)F)c2)cc1C. The predicted molar refractivity (Wildman–Crippen MR) is 132 cm³/mol. The topological polar surface area (TPSA) is 44.8 Å². The summed E-state index contributed by atoms with van der Waals surface area (Å²) in [4.78, 5) is 11.3. The summed E-state index contributed by atoms with van der Waals surface area (Å²) in [5.41, 5.74) is 1.92. The lowest BCUT2D eigenvalue weighted by Gasteiger charge is -2.13. The van der Waals surface area contributed by atoms with E-state index in [1.54, 1.807) is 30.3 Å². The molecule has 0 aliphatic carbocycles. The van der Waals surface area contributed by atoms with E-state index in [0.29, 0.717) is 22.6 Å². The third kappa shape index (κ3) is 6.99. The number of ether oxygens (including phenoxy) is 3. The van der Waals surface area contributed by atoms with Gasteiger partial charge < -0.3 is 14.2 Å². The lowest BCUT2D eigenvalue weighted by molar-refractivity contribution is -0.143. The van der Waals surface area contributed by atoms with Gasteiger partial charge in [-0.3, -0.25) is 0 Å². The van der Waals surface area contributed by atoms with Crippen molar-refractivity contribution in [1.29, 1.82) is 0 Å². The Hall–Kier alpha value is -3.01. The highest BCUT2D eigenvalue weighted by Crippen LogP contribution is 2.33. The van der Waals surface area contributed by atoms with Crippen molar-refractivity contribution in [3.05, 3.63) is 98.6 Å². The molecule has 0 heterocycles. The molecule has 3 aromatic carbocycles. The zero-order valence-electron chi connectivity index (χ0n) is 18.5. The second-order valence-corrected chi connectivity index (χ2v) is 8.55. The van der Waals surface area contributed by atoms with E-state index in [4.69, 9.17) is 9.47 Å². The largest absolute Gasteiger partial charge is 0.489 e. The Balaban J connectivity index is 1.82. The van der Waals surface area contributed by atoms with Gasteiger partial charge in [-0.15, -0.1) is 0 Å². The minimum absolute atomic E-state index is 0.138. The molecule has 178 valence electrons. The summed E-state index contributed by atoms with van der Waals surface area (Å²) in [6.45, 7) is 1.75. The molecule has 0 aliphatic rings.